The molecule has 0 spiro atoms. The number of amides is 1. The summed E-state index contributed by atoms with van der Waals surface area (Å²) >= 11 is 5.75. The fourth-order valence-electron chi connectivity index (χ4n) is 2.51. The first-order valence-electron chi connectivity index (χ1n) is 8.48. The molecule has 3 rings (SSSR count). The number of nitrogens with zero attached hydrogens (tertiary/aromatic N) is 3. The summed E-state index contributed by atoms with van der Waals surface area (Å²) in [6, 6.07) is 13.3. The van der Waals surface area contributed by atoms with Crippen molar-refractivity contribution in [2.45, 2.75) is 6.92 Å². The van der Waals surface area contributed by atoms with Gasteiger partial charge in [0.15, 0.2) is 0 Å². The monoisotopic (exact) mass is 399 g/mol. The standard InChI is InChI=1S/C20H19ClFN5O/c1-12-23-18(20(28)26-14-6-9-17(22)16(21)10-14)11-19(24-12)25-13-4-7-15(8-5-13)27(2)3/h4-11H,1-3H3,(H,26,28)(H,23,24,25). The number of hydrogen-bond donors (Lipinski definition) is 2. The molecule has 0 unspecified atom stereocenters. The van der Waals surface area contributed by atoms with Crippen LogP contribution in [0.25, 0.3) is 0 Å². The van der Waals surface area contributed by atoms with Gasteiger partial charge in [-0.3, -0.25) is 4.79 Å². The fourth-order valence-corrected chi connectivity index (χ4v) is 2.69. The van der Waals surface area contributed by atoms with Crippen molar-refractivity contribution in [1.29, 1.82) is 0 Å². The van der Waals surface area contributed by atoms with E-state index in [1.54, 1.807) is 13.0 Å². The molecule has 0 aliphatic rings. The topological polar surface area (TPSA) is 70.2 Å². The number of halogens is 2. The maximum absolute atomic E-state index is 13.3. The number of carbonyl (C=O) groups is 1. The third-order valence-electron chi connectivity index (χ3n) is 3.90. The van der Waals surface area contributed by atoms with Gasteiger partial charge in [0.1, 0.15) is 23.2 Å². The highest BCUT2D eigenvalue weighted by Gasteiger charge is 2.12. The first-order chi connectivity index (χ1) is 13.3. The van der Waals surface area contributed by atoms with Gasteiger partial charge >= 0.3 is 0 Å². The highest BCUT2D eigenvalue weighted by molar-refractivity contribution is 6.31. The van der Waals surface area contributed by atoms with Gasteiger partial charge in [-0.15, -0.1) is 0 Å². The van der Waals surface area contributed by atoms with E-state index in [9.17, 15) is 9.18 Å². The minimum atomic E-state index is -0.552. The molecule has 0 fully saturated rings. The molecule has 144 valence electrons. The Hall–Kier alpha value is -3.19. The van der Waals surface area contributed by atoms with Crippen molar-refractivity contribution < 1.29 is 9.18 Å². The Morgan fingerprint density at radius 1 is 1.04 bits per heavy atom. The lowest BCUT2D eigenvalue weighted by molar-refractivity contribution is 0.102. The molecule has 2 N–H and O–H groups in total. The number of nitrogens with one attached hydrogen (secondary N) is 2. The molecule has 2 aromatic carbocycles. The van der Waals surface area contributed by atoms with E-state index in [2.05, 4.69) is 20.6 Å². The van der Waals surface area contributed by atoms with Gasteiger partial charge in [-0.25, -0.2) is 14.4 Å². The lowest BCUT2D eigenvalue weighted by atomic mass is 10.2. The van der Waals surface area contributed by atoms with E-state index in [0.29, 0.717) is 17.3 Å². The number of benzene rings is 2. The van der Waals surface area contributed by atoms with E-state index in [1.807, 2.05) is 43.3 Å². The van der Waals surface area contributed by atoms with E-state index in [-0.39, 0.29) is 10.7 Å². The van der Waals surface area contributed by atoms with Gasteiger partial charge in [0.05, 0.1) is 5.02 Å². The van der Waals surface area contributed by atoms with Crippen molar-refractivity contribution >= 4 is 40.4 Å². The molecule has 1 aromatic heterocycles. The Balaban J connectivity index is 1.78. The third kappa shape index (κ3) is 4.75. The number of carbonyl (C=O) groups excluding carboxylic acids is 1. The first-order valence-corrected chi connectivity index (χ1v) is 8.86. The number of aromatic nitrogens is 2. The van der Waals surface area contributed by atoms with Crippen molar-refractivity contribution in [1.82, 2.24) is 9.97 Å². The molecule has 0 bridgehead atoms. The normalized spacial score (nSPS) is 10.5. The van der Waals surface area contributed by atoms with E-state index in [0.717, 1.165) is 11.4 Å². The van der Waals surface area contributed by atoms with Gasteiger partial charge in [-0.2, -0.15) is 0 Å². The zero-order chi connectivity index (χ0) is 20.3. The van der Waals surface area contributed by atoms with E-state index in [1.165, 1.54) is 18.2 Å². The van der Waals surface area contributed by atoms with Gasteiger partial charge in [0, 0.05) is 37.2 Å². The van der Waals surface area contributed by atoms with Crippen LogP contribution in [0.3, 0.4) is 0 Å². The molecule has 1 amide bonds. The molecule has 8 heteroatoms. The second-order valence-electron chi connectivity index (χ2n) is 6.33. The molecule has 0 atom stereocenters. The Labute approximate surface area is 167 Å². The third-order valence-corrected chi connectivity index (χ3v) is 4.19. The van der Waals surface area contributed by atoms with Gasteiger partial charge in [-0.05, 0) is 49.4 Å². The van der Waals surface area contributed by atoms with Gasteiger partial charge in [-0.1, -0.05) is 11.6 Å². The lowest BCUT2D eigenvalue weighted by Gasteiger charge is -2.13. The molecule has 1 heterocycles. The molecule has 28 heavy (non-hydrogen) atoms. The van der Waals surface area contributed by atoms with Crippen molar-refractivity contribution in [3.63, 3.8) is 0 Å². The molecule has 3 aromatic rings. The average Bonchev–Trinajstić information content (AvgIpc) is 2.64. The van der Waals surface area contributed by atoms with Crippen LogP contribution in [0, 0.1) is 12.7 Å². The van der Waals surface area contributed by atoms with Crippen molar-refractivity contribution in [2.75, 3.05) is 29.6 Å². The van der Waals surface area contributed by atoms with E-state index < -0.39 is 11.7 Å². The summed E-state index contributed by atoms with van der Waals surface area (Å²) in [4.78, 5) is 23.0. The quantitative estimate of drug-likeness (QED) is 0.654. The summed E-state index contributed by atoms with van der Waals surface area (Å²) in [6.07, 6.45) is 0. The number of hydrogen-bond acceptors (Lipinski definition) is 5. The Morgan fingerprint density at radius 3 is 2.36 bits per heavy atom. The zero-order valence-corrected chi connectivity index (χ0v) is 16.4. The minimum Gasteiger partial charge on any atom is -0.378 e. The van der Waals surface area contributed by atoms with Crippen LogP contribution in [0.2, 0.25) is 5.02 Å². The van der Waals surface area contributed by atoms with Crippen molar-refractivity contribution in [3.8, 4) is 0 Å². The second-order valence-corrected chi connectivity index (χ2v) is 6.74. The Morgan fingerprint density at radius 2 is 1.71 bits per heavy atom. The predicted molar refractivity (Wildman–Crippen MR) is 110 cm³/mol. The SMILES string of the molecule is Cc1nc(Nc2ccc(N(C)C)cc2)cc(C(=O)Nc2ccc(F)c(Cl)c2)n1. The number of rotatable bonds is 5. The summed E-state index contributed by atoms with van der Waals surface area (Å²) in [5, 5.41) is 5.75. The summed E-state index contributed by atoms with van der Waals surface area (Å²) < 4.78 is 13.3. The molecular formula is C20H19ClFN5O. The lowest BCUT2D eigenvalue weighted by Crippen LogP contribution is -2.15. The van der Waals surface area contributed by atoms with Crippen molar-refractivity contribution in [2.24, 2.45) is 0 Å². The van der Waals surface area contributed by atoms with Crippen LogP contribution in [0.4, 0.5) is 27.3 Å². The molecular weight excluding hydrogens is 381 g/mol. The van der Waals surface area contributed by atoms with Gasteiger partial charge in [0.25, 0.3) is 5.91 Å². The second kappa shape index (κ2) is 8.22. The van der Waals surface area contributed by atoms with Crippen LogP contribution >= 0.6 is 11.6 Å². The van der Waals surface area contributed by atoms with Crippen LogP contribution in [0.1, 0.15) is 16.3 Å². The molecule has 0 aliphatic carbocycles. The van der Waals surface area contributed by atoms with Crippen LogP contribution in [-0.2, 0) is 0 Å². The van der Waals surface area contributed by atoms with E-state index in [4.69, 9.17) is 11.6 Å². The van der Waals surface area contributed by atoms with Crippen LogP contribution in [0.5, 0.6) is 0 Å². The summed E-state index contributed by atoms with van der Waals surface area (Å²) in [5.74, 6) is -0.0620. The molecule has 0 saturated carbocycles. The molecule has 0 saturated heterocycles. The maximum Gasteiger partial charge on any atom is 0.274 e. The Bertz CT molecular complexity index is 1010. The molecule has 0 radical (unpaired) electrons. The Kier molecular flexibility index (Phi) is 5.75. The highest BCUT2D eigenvalue weighted by atomic mass is 35.5. The molecule has 6 nitrogen and oxygen atoms in total. The molecule has 0 aliphatic heterocycles. The largest absolute Gasteiger partial charge is 0.378 e. The smallest absolute Gasteiger partial charge is 0.274 e. The average molecular weight is 400 g/mol. The van der Waals surface area contributed by atoms with Gasteiger partial charge < -0.3 is 15.5 Å². The van der Waals surface area contributed by atoms with Crippen LogP contribution < -0.4 is 15.5 Å². The summed E-state index contributed by atoms with van der Waals surface area (Å²) in [5.41, 5.74) is 2.46. The minimum absolute atomic E-state index is 0.0693. The van der Waals surface area contributed by atoms with E-state index >= 15 is 0 Å². The number of anilines is 4. The first kappa shape index (κ1) is 19.6. The van der Waals surface area contributed by atoms with Crippen LogP contribution in [-0.4, -0.2) is 30.0 Å². The highest BCUT2D eigenvalue weighted by Crippen LogP contribution is 2.21. The predicted octanol–water partition coefficient (Wildman–Crippen LogP) is 4.64. The maximum atomic E-state index is 13.3. The zero-order valence-electron chi connectivity index (χ0n) is 15.6. The van der Waals surface area contributed by atoms with Gasteiger partial charge in [0.2, 0.25) is 0 Å². The summed E-state index contributed by atoms with van der Waals surface area (Å²) in [7, 11) is 3.94. The van der Waals surface area contributed by atoms with Crippen molar-refractivity contribution in [3.05, 3.63) is 70.9 Å². The fraction of sp³-hybridized carbons (Fsp3) is 0.150. The number of aryl methyl sites for hydroxylation is 1. The van der Waals surface area contributed by atoms with Crippen LogP contribution in [0.15, 0.2) is 48.5 Å². The summed E-state index contributed by atoms with van der Waals surface area (Å²) in [6.45, 7) is 1.70.